The standard InChI is InChI=1S/C22H23ClN2O2/c1-26-20-7-5-6-17-19-14-18(15-8-10-16(23)11-9-15)24-25(19)22(27-21(17)20)12-3-2-4-13-22/h5-11,14,19,24H,2-4,12-13H2,1H3/t19-/m1/s1. The largest absolute Gasteiger partial charge is 0.493 e. The van der Waals surface area contributed by atoms with Crippen molar-refractivity contribution in [2.24, 2.45) is 0 Å². The summed E-state index contributed by atoms with van der Waals surface area (Å²) in [6.07, 6.45) is 7.92. The first kappa shape index (κ1) is 17.0. The number of benzene rings is 2. The molecule has 2 aromatic carbocycles. The molecular weight excluding hydrogens is 360 g/mol. The van der Waals surface area contributed by atoms with E-state index in [9.17, 15) is 0 Å². The number of halogens is 1. The molecule has 0 unspecified atom stereocenters. The van der Waals surface area contributed by atoms with Crippen molar-refractivity contribution in [3.8, 4) is 11.5 Å². The molecule has 1 N–H and O–H groups in total. The molecular formula is C22H23ClN2O2. The summed E-state index contributed by atoms with van der Waals surface area (Å²) in [5, 5.41) is 3.06. The Balaban J connectivity index is 1.61. The highest BCUT2D eigenvalue weighted by molar-refractivity contribution is 6.30. The van der Waals surface area contributed by atoms with Gasteiger partial charge in [0.25, 0.3) is 0 Å². The van der Waals surface area contributed by atoms with Crippen LogP contribution in [0.15, 0.2) is 48.5 Å². The van der Waals surface area contributed by atoms with E-state index in [0.717, 1.165) is 46.2 Å². The minimum absolute atomic E-state index is 0.118. The lowest BCUT2D eigenvalue weighted by Crippen LogP contribution is -2.60. The first-order valence-electron chi connectivity index (χ1n) is 9.60. The van der Waals surface area contributed by atoms with Gasteiger partial charge in [0.15, 0.2) is 17.2 Å². The fourth-order valence-corrected chi connectivity index (χ4v) is 4.69. The van der Waals surface area contributed by atoms with Crippen LogP contribution >= 0.6 is 11.6 Å². The first-order valence-corrected chi connectivity index (χ1v) is 9.98. The van der Waals surface area contributed by atoms with Gasteiger partial charge in [-0.2, -0.15) is 5.01 Å². The van der Waals surface area contributed by atoms with Gasteiger partial charge < -0.3 is 14.9 Å². The van der Waals surface area contributed by atoms with Crippen molar-refractivity contribution in [3.05, 3.63) is 64.7 Å². The summed E-state index contributed by atoms with van der Waals surface area (Å²) in [7, 11) is 1.71. The second-order valence-corrected chi connectivity index (χ2v) is 7.94. The van der Waals surface area contributed by atoms with Crippen LogP contribution in [0.25, 0.3) is 5.70 Å². The van der Waals surface area contributed by atoms with Gasteiger partial charge in [-0.05, 0) is 42.7 Å². The second kappa shape index (κ2) is 6.47. The van der Waals surface area contributed by atoms with Gasteiger partial charge in [-0.3, -0.25) is 0 Å². The van der Waals surface area contributed by atoms with E-state index in [1.165, 1.54) is 19.3 Å². The quantitative estimate of drug-likeness (QED) is 0.763. The van der Waals surface area contributed by atoms with Crippen LogP contribution in [-0.4, -0.2) is 17.8 Å². The lowest BCUT2D eigenvalue weighted by Gasteiger charge is -2.50. The number of methoxy groups -OCH3 is 1. The maximum Gasteiger partial charge on any atom is 0.180 e. The Morgan fingerprint density at radius 2 is 1.89 bits per heavy atom. The molecule has 2 aliphatic heterocycles. The molecule has 0 radical (unpaired) electrons. The smallest absolute Gasteiger partial charge is 0.180 e. The molecule has 5 rings (SSSR count). The molecule has 0 saturated heterocycles. The number of fused-ring (bicyclic) bond motifs is 4. The average Bonchev–Trinajstić information content (AvgIpc) is 3.16. The molecule has 1 saturated carbocycles. The van der Waals surface area contributed by atoms with Gasteiger partial charge in [-0.1, -0.05) is 42.3 Å². The highest BCUT2D eigenvalue weighted by Gasteiger charge is 2.51. The minimum atomic E-state index is -0.338. The van der Waals surface area contributed by atoms with Gasteiger partial charge in [0, 0.05) is 23.4 Å². The van der Waals surface area contributed by atoms with Crippen LogP contribution in [0.1, 0.15) is 49.3 Å². The molecule has 1 atom stereocenters. The van der Waals surface area contributed by atoms with Crippen LogP contribution in [0, 0.1) is 0 Å². The summed E-state index contributed by atoms with van der Waals surface area (Å²) in [6.45, 7) is 0. The normalized spacial score (nSPS) is 23.0. The third-order valence-electron chi connectivity index (χ3n) is 5.91. The second-order valence-electron chi connectivity index (χ2n) is 7.50. The van der Waals surface area contributed by atoms with Gasteiger partial charge in [0.1, 0.15) is 0 Å². The zero-order valence-electron chi connectivity index (χ0n) is 15.4. The first-order chi connectivity index (χ1) is 13.2. The van der Waals surface area contributed by atoms with Gasteiger partial charge in [-0.15, -0.1) is 0 Å². The van der Waals surface area contributed by atoms with Gasteiger partial charge in [0.05, 0.1) is 18.8 Å². The highest BCUT2D eigenvalue weighted by Crippen LogP contribution is 2.52. The summed E-state index contributed by atoms with van der Waals surface area (Å²) in [6, 6.07) is 14.2. The number of nitrogens with one attached hydrogen (secondary N) is 1. The number of para-hydroxylation sites is 1. The fourth-order valence-electron chi connectivity index (χ4n) is 4.57. The molecule has 0 aromatic heterocycles. The Kier molecular flexibility index (Phi) is 4.06. The Hall–Kier alpha value is -2.17. The lowest BCUT2D eigenvalue weighted by molar-refractivity contribution is -0.151. The third kappa shape index (κ3) is 2.70. The molecule has 140 valence electrons. The van der Waals surface area contributed by atoms with E-state index in [0.29, 0.717) is 0 Å². The minimum Gasteiger partial charge on any atom is -0.493 e. The van der Waals surface area contributed by atoms with Crippen LogP contribution in [-0.2, 0) is 0 Å². The number of nitrogens with zero attached hydrogens (tertiary/aromatic N) is 1. The third-order valence-corrected chi connectivity index (χ3v) is 6.16. The zero-order valence-corrected chi connectivity index (χ0v) is 16.1. The molecule has 5 heteroatoms. The summed E-state index contributed by atoms with van der Waals surface area (Å²) >= 11 is 6.07. The molecule has 1 fully saturated rings. The van der Waals surface area contributed by atoms with E-state index in [1.807, 2.05) is 24.3 Å². The predicted molar refractivity (Wildman–Crippen MR) is 107 cm³/mol. The number of hydrogen-bond donors (Lipinski definition) is 1. The monoisotopic (exact) mass is 382 g/mol. The lowest BCUT2D eigenvalue weighted by atomic mass is 9.87. The molecule has 2 heterocycles. The maximum absolute atomic E-state index is 6.68. The molecule has 1 aliphatic carbocycles. The summed E-state index contributed by atoms with van der Waals surface area (Å²) < 4.78 is 12.3. The molecule has 4 nitrogen and oxygen atoms in total. The zero-order chi connectivity index (χ0) is 18.4. The Morgan fingerprint density at radius 1 is 1.11 bits per heavy atom. The summed E-state index contributed by atoms with van der Waals surface area (Å²) in [4.78, 5) is 0. The van der Waals surface area contributed by atoms with Crippen molar-refractivity contribution < 1.29 is 9.47 Å². The Bertz CT molecular complexity index is 888. The van der Waals surface area contributed by atoms with Crippen molar-refractivity contribution in [2.75, 3.05) is 7.11 Å². The predicted octanol–water partition coefficient (Wildman–Crippen LogP) is 5.30. The number of rotatable bonds is 2. The topological polar surface area (TPSA) is 33.7 Å². The molecule has 27 heavy (non-hydrogen) atoms. The fraction of sp³-hybridized carbons (Fsp3) is 0.364. The van der Waals surface area contributed by atoms with E-state index >= 15 is 0 Å². The van der Waals surface area contributed by atoms with Crippen molar-refractivity contribution in [1.29, 1.82) is 0 Å². The van der Waals surface area contributed by atoms with Crippen molar-refractivity contribution in [1.82, 2.24) is 10.4 Å². The van der Waals surface area contributed by atoms with Gasteiger partial charge >= 0.3 is 0 Å². The summed E-state index contributed by atoms with van der Waals surface area (Å²) in [5.41, 5.74) is 6.68. The van der Waals surface area contributed by atoms with Crippen molar-refractivity contribution in [2.45, 2.75) is 43.9 Å². The number of hydrogen-bond acceptors (Lipinski definition) is 4. The Labute approximate surface area is 164 Å². The van der Waals surface area contributed by atoms with Crippen molar-refractivity contribution >= 4 is 17.3 Å². The van der Waals surface area contributed by atoms with E-state index in [1.54, 1.807) is 7.11 Å². The van der Waals surface area contributed by atoms with E-state index in [4.69, 9.17) is 21.1 Å². The molecule has 2 aromatic rings. The summed E-state index contributed by atoms with van der Waals surface area (Å²) in [5.74, 6) is 1.70. The van der Waals surface area contributed by atoms with Crippen LogP contribution in [0.4, 0.5) is 0 Å². The van der Waals surface area contributed by atoms with Crippen LogP contribution in [0.3, 0.4) is 0 Å². The van der Waals surface area contributed by atoms with Crippen LogP contribution < -0.4 is 14.9 Å². The number of hydrazine groups is 1. The van der Waals surface area contributed by atoms with Gasteiger partial charge in [0.2, 0.25) is 0 Å². The molecule has 0 bridgehead atoms. The SMILES string of the molecule is COc1cccc2c1OC1(CCCCC1)N1NC(c3ccc(Cl)cc3)=C[C@H]21. The van der Waals surface area contributed by atoms with Crippen LogP contribution in [0.2, 0.25) is 5.02 Å². The highest BCUT2D eigenvalue weighted by atomic mass is 35.5. The number of ether oxygens (including phenoxy) is 2. The van der Waals surface area contributed by atoms with Crippen LogP contribution in [0.5, 0.6) is 11.5 Å². The van der Waals surface area contributed by atoms with E-state index < -0.39 is 0 Å². The molecule has 3 aliphatic rings. The maximum atomic E-state index is 6.68. The average molecular weight is 383 g/mol. The van der Waals surface area contributed by atoms with E-state index in [2.05, 4.69) is 34.7 Å². The molecule has 0 amide bonds. The Morgan fingerprint density at radius 3 is 2.63 bits per heavy atom. The molecule has 1 spiro atoms. The van der Waals surface area contributed by atoms with Crippen molar-refractivity contribution in [3.63, 3.8) is 0 Å². The van der Waals surface area contributed by atoms with E-state index in [-0.39, 0.29) is 11.8 Å². The van der Waals surface area contributed by atoms with Gasteiger partial charge in [-0.25, -0.2) is 0 Å².